The Morgan fingerprint density at radius 1 is 1.00 bits per heavy atom. The Morgan fingerprint density at radius 3 is 2.19 bits per heavy atom. The smallest absolute Gasteiger partial charge is 0.165 e. The van der Waals surface area contributed by atoms with Gasteiger partial charge in [0.2, 0.25) is 0 Å². The average molecular weight is 216 g/mol. The summed E-state index contributed by atoms with van der Waals surface area (Å²) in [7, 11) is 0. The first-order valence-corrected chi connectivity index (χ1v) is 5.28. The fraction of sp³-hybridized carbons (Fsp3) is 0.143. The van der Waals surface area contributed by atoms with Crippen LogP contribution in [0.2, 0.25) is 0 Å². The molecule has 0 aromatic heterocycles. The number of hydrogen-bond acceptors (Lipinski definition) is 1. The first-order chi connectivity index (χ1) is 7.70. The molecule has 0 atom stereocenters. The third-order valence-corrected chi connectivity index (χ3v) is 2.64. The molecule has 1 nitrogen and oxygen atoms in total. The molecule has 82 valence electrons. The van der Waals surface area contributed by atoms with Crippen molar-refractivity contribution in [1.29, 1.82) is 0 Å². The zero-order chi connectivity index (χ0) is 11.5. The van der Waals surface area contributed by atoms with Crippen LogP contribution in [0.25, 0.3) is 11.1 Å². The topological polar surface area (TPSA) is 20.2 Å². The summed E-state index contributed by atoms with van der Waals surface area (Å²) in [6.07, 6.45) is 0.990. The molecule has 2 aromatic carbocycles. The van der Waals surface area contributed by atoms with Crippen LogP contribution in [-0.4, -0.2) is 5.11 Å². The van der Waals surface area contributed by atoms with Crippen LogP contribution in [-0.2, 0) is 6.42 Å². The highest BCUT2D eigenvalue weighted by atomic mass is 19.1. The number of aromatic hydroxyl groups is 1. The van der Waals surface area contributed by atoms with Gasteiger partial charge in [0.05, 0.1) is 0 Å². The molecule has 2 aromatic rings. The van der Waals surface area contributed by atoms with Crippen molar-refractivity contribution >= 4 is 0 Å². The van der Waals surface area contributed by atoms with E-state index in [1.54, 1.807) is 6.07 Å². The normalized spacial score (nSPS) is 10.4. The van der Waals surface area contributed by atoms with Gasteiger partial charge in [-0.3, -0.25) is 0 Å². The van der Waals surface area contributed by atoms with Crippen molar-refractivity contribution in [3.8, 4) is 16.9 Å². The third-order valence-electron chi connectivity index (χ3n) is 2.64. The Morgan fingerprint density at radius 2 is 1.62 bits per heavy atom. The van der Waals surface area contributed by atoms with Crippen molar-refractivity contribution in [3.05, 3.63) is 53.8 Å². The molecule has 0 heterocycles. The minimum atomic E-state index is -0.586. The third kappa shape index (κ3) is 2.06. The molecule has 0 radical (unpaired) electrons. The van der Waals surface area contributed by atoms with E-state index in [0.29, 0.717) is 0 Å². The molecule has 2 rings (SSSR count). The zero-order valence-electron chi connectivity index (χ0n) is 9.07. The fourth-order valence-corrected chi connectivity index (χ4v) is 1.62. The summed E-state index contributed by atoms with van der Waals surface area (Å²) in [5, 5.41) is 9.10. The monoisotopic (exact) mass is 216 g/mol. The summed E-state index contributed by atoms with van der Waals surface area (Å²) in [4.78, 5) is 0. The summed E-state index contributed by atoms with van der Waals surface area (Å²) in [6.45, 7) is 2.09. The van der Waals surface area contributed by atoms with E-state index in [0.717, 1.165) is 17.5 Å². The van der Waals surface area contributed by atoms with Crippen molar-refractivity contribution in [3.63, 3.8) is 0 Å². The van der Waals surface area contributed by atoms with Crippen LogP contribution in [0.4, 0.5) is 4.39 Å². The second kappa shape index (κ2) is 4.35. The standard InChI is InChI=1S/C14H13FO/c1-2-10-3-5-11(6-4-10)12-7-8-14(16)13(15)9-12/h3-9,16H,2H2,1H3. The van der Waals surface area contributed by atoms with E-state index in [1.807, 2.05) is 24.3 Å². The molecule has 0 aliphatic rings. The molecule has 2 heteroatoms. The van der Waals surface area contributed by atoms with Gasteiger partial charge in [-0.25, -0.2) is 4.39 Å². The Bertz CT molecular complexity index is 489. The number of phenols is 1. The molecule has 1 N–H and O–H groups in total. The van der Waals surface area contributed by atoms with Gasteiger partial charge in [-0.05, 0) is 35.2 Å². The quantitative estimate of drug-likeness (QED) is 0.810. The maximum absolute atomic E-state index is 13.2. The van der Waals surface area contributed by atoms with Gasteiger partial charge >= 0.3 is 0 Å². The summed E-state index contributed by atoms with van der Waals surface area (Å²) in [5.74, 6) is -0.897. The largest absolute Gasteiger partial charge is 0.505 e. The minimum Gasteiger partial charge on any atom is -0.505 e. The lowest BCUT2D eigenvalue weighted by atomic mass is 10.0. The highest BCUT2D eigenvalue weighted by molar-refractivity contribution is 5.64. The van der Waals surface area contributed by atoms with E-state index in [2.05, 4.69) is 6.92 Å². The highest BCUT2D eigenvalue weighted by Crippen LogP contribution is 2.25. The van der Waals surface area contributed by atoms with E-state index in [9.17, 15) is 4.39 Å². The van der Waals surface area contributed by atoms with Crippen LogP contribution in [0.1, 0.15) is 12.5 Å². The Kier molecular flexibility index (Phi) is 2.91. The van der Waals surface area contributed by atoms with Crippen LogP contribution in [0.3, 0.4) is 0 Å². The Hall–Kier alpha value is -1.83. The lowest BCUT2D eigenvalue weighted by Gasteiger charge is -2.04. The van der Waals surface area contributed by atoms with Gasteiger partial charge in [-0.2, -0.15) is 0 Å². The summed E-state index contributed by atoms with van der Waals surface area (Å²) >= 11 is 0. The number of rotatable bonds is 2. The first-order valence-electron chi connectivity index (χ1n) is 5.28. The van der Waals surface area contributed by atoms with Crippen LogP contribution in [0, 0.1) is 5.82 Å². The van der Waals surface area contributed by atoms with Crippen LogP contribution in [0.5, 0.6) is 5.75 Å². The van der Waals surface area contributed by atoms with Gasteiger partial charge < -0.3 is 5.11 Å². The molecule has 0 bridgehead atoms. The van der Waals surface area contributed by atoms with Gasteiger partial charge in [-0.15, -0.1) is 0 Å². The maximum Gasteiger partial charge on any atom is 0.165 e. The summed E-state index contributed by atoms with van der Waals surface area (Å²) < 4.78 is 13.2. The highest BCUT2D eigenvalue weighted by Gasteiger charge is 2.03. The second-order valence-corrected chi connectivity index (χ2v) is 3.72. The van der Waals surface area contributed by atoms with Gasteiger partial charge in [0.25, 0.3) is 0 Å². The Balaban J connectivity index is 2.38. The maximum atomic E-state index is 13.2. The van der Waals surface area contributed by atoms with E-state index >= 15 is 0 Å². The predicted octanol–water partition coefficient (Wildman–Crippen LogP) is 3.76. The first kappa shape index (κ1) is 10.7. The molecule has 0 amide bonds. The van der Waals surface area contributed by atoms with Crippen LogP contribution >= 0.6 is 0 Å². The van der Waals surface area contributed by atoms with Crippen molar-refractivity contribution in [2.24, 2.45) is 0 Å². The zero-order valence-corrected chi connectivity index (χ0v) is 9.07. The number of halogens is 1. The van der Waals surface area contributed by atoms with E-state index in [4.69, 9.17) is 5.11 Å². The second-order valence-electron chi connectivity index (χ2n) is 3.72. The number of phenolic OH excluding ortho intramolecular Hbond substituents is 1. The molecule has 0 aliphatic heterocycles. The lowest BCUT2D eigenvalue weighted by Crippen LogP contribution is -1.83. The van der Waals surface area contributed by atoms with Gasteiger partial charge in [0.1, 0.15) is 0 Å². The van der Waals surface area contributed by atoms with E-state index in [-0.39, 0.29) is 5.75 Å². The van der Waals surface area contributed by atoms with Crippen molar-refractivity contribution < 1.29 is 9.50 Å². The number of aryl methyl sites for hydroxylation is 1. The molecule has 0 unspecified atom stereocenters. The van der Waals surface area contributed by atoms with Gasteiger partial charge in [0.15, 0.2) is 11.6 Å². The fourth-order valence-electron chi connectivity index (χ4n) is 1.62. The van der Waals surface area contributed by atoms with E-state index < -0.39 is 5.82 Å². The van der Waals surface area contributed by atoms with Crippen molar-refractivity contribution in [2.75, 3.05) is 0 Å². The molecule has 0 spiro atoms. The summed E-state index contributed by atoms with van der Waals surface area (Å²) in [6, 6.07) is 12.4. The van der Waals surface area contributed by atoms with Crippen molar-refractivity contribution in [2.45, 2.75) is 13.3 Å². The SMILES string of the molecule is CCc1ccc(-c2ccc(O)c(F)c2)cc1. The molecule has 0 saturated heterocycles. The minimum absolute atomic E-state index is 0.311. The van der Waals surface area contributed by atoms with Gasteiger partial charge in [-0.1, -0.05) is 37.3 Å². The summed E-state index contributed by atoms with van der Waals surface area (Å²) in [5.41, 5.74) is 2.98. The molecule has 16 heavy (non-hydrogen) atoms. The molecule has 0 aliphatic carbocycles. The Labute approximate surface area is 94.2 Å². The number of benzene rings is 2. The molecular formula is C14H13FO. The van der Waals surface area contributed by atoms with Crippen LogP contribution < -0.4 is 0 Å². The van der Waals surface area contributed by atoms with E-state index in [1.165, 1.54) is 17.7 Å². The molecule has 0 saturated carbocycles. The number of hydrogen-bond donors (Lipinski definition) is 1. The van der Waals surface area contributed by atoms with Gasteiger partial charge in [0, 0.05) is 0 Å². The van der Waals surface area contributed by atoms with Crippen LogP contribution in [0.15, 0.2) is 42.5 Å². The molecular weight excluding hydrogens is 203 g/mol. The lowest BCUT2D eigenvalue weighted by molar-refractivity contribution is 0.432. The molecule has 0 fully saturated rings. The van der Waals surface area contributed by atoms with Crippen molar-refractivity contribution in [1.82, 2.24) is 0 Å². The average Bonchev–Trinajstić information content (AvgIpc) is 2.33. The predicted molar refractivity (Wildman–Crippen MR) is 62.9 cm³/mol.